The van der Waals surface area contributed by atoms with Crippen LogP contribution in [0.15, 0.2) is 30.9 Å². The highest BCUT2D eigenvalue weighted by Gasteiger charge is 2.30. The number of aromatic nitrogens is 4. The molecule has 2 amide bonds. The number of amides is 2. The number of aryl methyl sites for hydroxylation is 1. The second kappa shape index (κ2) is 6.82. The summed E-state index contributed by atoms with van der Waals surface area (Å²) in [4.78, 5) is 20.9. The van der Waals surface area contributed by atoms with E-state index < -0.39 is 0 Å². The average Bonchev–Trinajstić information content (AvgIpc) is 3.19. The molecule has 0 unspecified atom stereocenters. The van der Waals surface area contributed by atoms with E-state index in [-0.39, 0.29) is 12.1 Å². The molecule has 0 aromatic carbocycles. The minimum absolute atomic E-state index is 0.0236. The normalized spacial score (nSPS) is 19.0. The first-order valence-corrected chi connectivity index (χ1v) is 7.83. The number of hydrogen-bond acceptors (Lipinski definition) is 4. The Bertz CT molecular complexity index is 636. The molecule has 1 aliphatic heterocycles. The summed E-state index contributed by atoms with van der Waals surface area (Å²) in [6.45, 7) is 3.46. The largest absolute Gasteiger partial charge is 0.337 e. The van der Waals surface area contributed by atoms with Crippen molar-refractivity contribution in [3.63, 3.8) is 0 Å². The molecular weight excluding hydrogens is 294 g/mol. The lowest BCUT2D eigenvalue weighted by molar-refractivity contribution is 0.104. The standard InChI is InChI=1S/C15H23N7O/c1-19-10-11-21(12-13(19)14-16-5-8-20(14)2)15(23)17-6-9-22-7-3-4-18-22/h3-5,7-8,13H,6,9-12H2,1-2H3,(H,17,23)/t13-/m1/s1. The predicted molar refractivity (Wildman–Crippen MR) is 85.8 cm³/mol. The van der Waals surface area contributed by atoms with Gasteiger partial charge in [0, 0.05) is 58.0 Å². The summed E-state index contributed by atoms with van der Waals surface area (Å²) in [7, 11) is 4.06. The number of carbonyl (C=O) groups excluding carboxylic acids is 1. The molecule has 1 N–H and O–H groups in total. The van der Waals surface area contributed by atoms with Crippen molar-refractivity contribution in [3.8, 4) is 0 Å². The third-order valence-corrected chi connectivity index (χ3v) is 4.27. The molecule has 1 fully saturated rings. The Morgan fingerprint density at radius 1 is 1.30 bits per heavy atom. The third kappa shape index (κ3) is 3.53. The number of piperazine rings is 1. The van der Waals surface area contributed by atoms with Crippen LogP contribution in [0, 0.1) is 0 Å². The highest BCUT2D eigenvalue weighted by Crippen LogP contribution is 2.22. The average molecular weight is 317 g/mol. The zero-order valence-electron chi connectivity index (χ0n) is 13.6. The highest BCUT2D eigenvalue weighted by molar-refractivity contribution is 5.74. The molecule has 124 valence electrons. The number of imidazole rings is 1. The molecule has 2 aromatic heterocycles. The zero-order chi connectivity index (χ0) is 16.2. The van der Waals surface area contributed by atoms with Gasteiger partial charge in [-0.15, -0.1) is 0 Å². The fraction of sp³-hybridized carbons (Fsp3) is 0.533. The number of likely N-dealkylation sites (N-methyl/N-ethyl adjacent to an activating group) is 1. The Morgan fingerprint density at radius 2 is 2.17 bits per heavy atom. The molecule has 8 nitrogen and oxygen atoms in total. The van der Waals surface area contributed by atoms with E-state index in [1.807, 2.05) is 35.0 Å². The van der Waals surface area contributed by atoms with Crippen LogP contribution < -0.4 is 5.32 Å². The van der Waals surface area contributed by atoms with Crippen LogP contribution in [-0.2, 0) is 13.6 Å². The first-order chi connectivity index (χ1) is 11.1. The second-order valence-electron chi connectivity index (χ2n) is 5.84. The molecule has 23 heavy (non-hydrogen) atoms. The monoisotopic (exact) mass is 317 g/mol. The van der Waals surface area contributed by atoms with Gasteiger partial charge in [-0.1, -0.05) is 0 Å². The van der Waals surface area contributed by atoms with Crippen molar-refractivity contribution in [2.45, 2.75) is 12.6 Å². The van der Waals surface area contributed by atoms with E-state index in [2.05, 4.69) is 27.3 Å². The highest BCUT2D eigenvalue weighted by atomic mass is 16.2. The number of hydrogen-bond donors (Lipinski definition) is 1. The van der Waals surface area contributed by atoms with Crippen LogP contribution in [0.5, 0.6) is 0 Å². The molecule has 3 heterocycles. The Morgan fingerprint density at radius 3 is 2.87 bits per heavy atom. The third-order valence-electron chi connectivity index (χ3n) is 4.27. The van der Waals surface area contributed by atoms with Crippen molar-refractivity contribution in [2.24, 2.45) is 7.05 Å². The molecule has 8 heteroatoms. The summed E-state index contributed by atoms with van der Waals surface area (Å²) in [5, 5.41) is 7.09. The lowest BCUT2D eigenvalue weighted by Crippen LogP contribution is -2.52. The Labute approximate surface area is 135 Å². The van der Waals surface area contributed by atoms with Crippen molar-refractivity contribution in [2.75, 3.05) is 33.2 Å². The summed E-state index contributed by atoms with van der Waals surface area (Å²) >= 11 is 0. The lowest BCUT2D eigenvalue weighted by Gasteiger charge is -2.38. The van der Waals surface area contributed by atoms with Crippen LogP contribution in [-0.4, -0.2) is 68.4 Å². The van der Waals surface area contributed by atoms with E-state index in [4.69, 9.17) is 0 Å². The van der Waals surface area contributed by atoms with E-state index in [1.54, 1.807) is 17.1 Å². The van der Waals surface area contributed by atoms with Gasteiger partial charge in [-0.05, 0) is 13.1 Å². The number of nitrogens with one attached hydrogen (secondary N) is 1. The molecule has 0 bridgehead atoms. The smallest absolute Gasteiger partial charge is 0.317 e. The Balaban J connectivity index is 1.55. The molecule has 0 aliphatic carbocycles. The first-order valence-electron chi connectivity index (χ1n) is 7.83. The van der Waals surface area contributed by atoms with Gasteiger partial charge >= 0.3 is 6.03 Å². The van der Waals surface area contributed by atoms with Crippen molar-refractivity contribution < 1.29 is 4.79 Å². The fourth-order valence-electron chi connectivity index (χ4n) is 2.86. The first kappa shape index (κ1) is 15.5. The fourth-order valence-corrected chi connectivity index (χ4v) is 2.86. The molecule has 0 spiro atoms. The molecule has 1 saturated heterocycles. The van der Waals surface area contributed by atoms with Gasteiger partial charge in [0.2, 0.25) is 0 Å². The summed E-state index contributed by atoms with van der Waals surface area (Å²) in [6, 6.07) is 1.98. The maximum atomic E-state index is 12.4. The maximum Gasteiger partial charge on any atom is 0.317 e. The van der Waals surface area contributed by atoms with Crippen LogP contribution in [0.1, 0.15) is 11.9 Å². The van der Waals surface area contributed by atoms with Crippen LogP contribution in [0.3, 0.4) is 0 Å². The summed E-state index contributed by atoms with van der Waals surface area (Å²) in [6.07, 6.45) is 7.36. The van der Waals surface area contributed by atoms with Crippen molar-refractivity contribution in [1.29, 1.82) is 0 Å². The van der Waals surface area contributed by atoms with Crippen LogP contribution >= 0.6 is 0 Å². The van der Waals surface area contributed by atoms with Gasteiger partial charge in [-0.2, -0.15) is 5.10 Å². The molecule has 1 aliphatic rings. The molecule has 2 aromatic rings. The van der Waals surface area contributed by atoms with E-state index in [0.717, 1.165) is 18.9 Å². The number of rotatable bonds is 4. The van der Waals surface area contributed by atoms with Crippen LogP contribution in [0.25, 0.3) is 0 Å². The minimum Gasteiger partial charge on any atom is -0.337 e. The van der Waals surface area contributed by atoms with Crippen molar-refractivity contribution in [3.05, 3.63) is 36.7 Å². The van der Waals surface area contributed by atoms with Crippen molar-refractivity contribution >= 4 is 6.03 Å². The minimum atomic E-state index is -0.0236. The Hall–Kier alpha value is -2.35. The predicted octanol–water partition coefficient (Wildman–Crippen LogP) is 0.315. The topological polar surface area (TPSA) is 71.2 Å². The van der Waals surface area contributed by atoms with Gasteiger partial charge in [0.15, 0.2) is 0 Å². The number of urea groups is 1. The van der Waals surface area contributed by atoms with Crippen molar-refractivity contribution in [1.82, 2.24) is 34.4 Å². The molecule has 1 atom stereocenters. The van der Waals surface area contributed by atoms with E-state index in [9.17, 15) is 4.79 Å². The quantitative estimate of drug-likeness (QED) is 0.881. The van der Waals surface area contributed by atoms with Gasteiger partial charge in [0.05, 0.1) is 12.6 Å². The van der Waals surface area contributed by atoms with Crippen LogP contribution in [0.4, 0.5) is 4.79 Å². The summed E-state index contributed by atoms with van der Waals surface area (Å²) < 4.78 is 3.82. The lowest BCUT2D eigenvalue weighted by atomic mass is 10.1. The van der Waals surface area contributed by atoms with Crippen LogP contribution in [0.2, 0.25) is 0 Å². The SMILES string of the molecule is CN1CCN(C(=O)NCCn2cccn2)C[C@@H]1c1nccn1C. The van der Waals surface area contributed by atoms with E-state index in [1.165, 1.54) is 0 Å². The van der Waals surface area contributed by atoms with Gasteiger partial charge in [0.25, 0.3) is 0 Å². The van der Waals surface area contributed by atoms with E-state index >= 15 is 0 Å². The summed E-state index contributed by atoms with van der Waals surface area (Å²) in [5.74, 6) is 0.988. The molecule has 0 radical (unpaired) electrons. The molecule has 0 saturated carbocycles. The molecule has 3 rings (SSSR count). The van der Waals surface area contributed by atoms with Gasteiger partial charge in [-0.3, -0.25) is 9.58 Å². The number of nitrogens with zero attached hydrogens (tertiary/aromatic N) is 6. The zero-order valence-corrected chi connectivity index (χ0v) is 13.6. The van der Waals surface area contributed by atoms with E-state index in [0.29, 0.717) is 19.6 Å². The van der Waals surface area contributed by atoms with Gasteiger partial charge in [-0.25, -0.2) is 9.78 Å². The molecular formula is C15H23N7O. The summed E-state index contributed by atoms with van der Waals surface area (Å²) in [5.41, 5.74) is 0. The second-order valence-corrected chi connectivity index (χ2v) is 5.84. The van der Waals surface area contributed by atoms with Gasteiger partial charge < -0.3 is 14.8 Å². The number of carbonyl (C=O) groups is 1. The maximum absolute atomic E-state index is 12.4. The Kier molecular flexibility index (Phi) is 4.61. The van der Waals surface area contributed by atoms with Gasteiger partial charge in [0.1, 0.15) is 5.82 Å².